The summed E-state index contributed by atoms with van der Waals surface area (Å²) in [5.41, 5.74) is 1.51. The van der Waals surface area contributed by atoms with E-state index in [-0.39, 0.29) is 16.7 Å². The normalized spacial score (nSPS) is 10.2. The van der Waals surface area contributed by atoms with Crippen molar-refractivity contribution in [3.05, 3.63) is 71.2 Å². The van der Waals surface area contributed by atoms with E-state index in [0.29, 0.717) is 12.2 Å². The second-order valence-electron chi connectivity index (χ2n) is 5.17. The Bertz CT molecular complexity index is 899. The van der Waals surface area contributed by atoms with Crippen LogP contribution in [0, 0.1) is 5.82 Å². The number of aromatic nitrogens is 2. The molecule has 9 heteroatoms. The molecular weight excluding hydrogens is 357 g/mol. The number of hydrogen-bond acceptors (Lipinski definition) is 5. The molecule has 132 valence electrons. The molecule has 0 radical (unpaired) electrons. The van der Waals surface area contributed by atoms with Crippen LogP contribution in [0.15, 0.2) is 54.2 Å². The van der Waals surface area contributed by atoms with Crippen LogP contribution >= 0.6 is 11.3 Å². The SMILES string of the molecule is O=C(Nc1ccc(F)cc1)Nc1nc(C(=O)NCc2cccnc2)cs1. The number of carbonyl (C=O) groups is 2. The van der Waals surface area contributed by atoms with Crippen molar-refractivity contribution < 1.29 is 14.0 Å². The number of nitrogens with zero attached hydrogens (tertiary/aromatic N) is 2. The number of amides is 3. The number of carbonyl (C=O) groups excluding carboxylic acids is 2. The van der Waals surface area contributed by atoms with Gasteiger partial charge in [-0.1, -0.05) is 6.07 Å². The first-order valence-corrected chi connectivity index (χ1v) is 8.44. The molecule has 0 aliphatic heterocycles. The van der Waals surface area contributed by atoms with E-state index >= 15 is 0 Å². The third-order valence-corrected chi connectivity index (χ3v) is 3.99. The lowest BCUT2D eigenvalue weighted by Gasteiger charge is -2.05. The van der Waals surface area contributed by atoms with E-state index in [9.17, 15) is 14.0 Å². The minimum atomic E-state index is -0.534. The van der Waals surface area contributed by atoms with Crippen LogP contribution in [-0.4, -0.2) is 21.9 Å². The maximum Gasteiger partial charge on any atom is 0.325 e. The van der Waals surface area contributed by atoms with Crippen LogP contribution in [-0.2, 0) is 6.54 Å². The smallest absolute Gasteiger partial charge is 0.325 e. The first-order chi connectivity index (χ1) is 12.6. The second kappa shape index (κ2) is 8.17. The number of benzene rings is 1. The average Bonchev–Trinajstić information content (AvgIpc) is 3.11. The van der Waals surface area contributed by atoms with E-state index in [1.165, 1.54) is 24.3 Å². The van der Waals surface area contributed by atoms with Crippen molar-refractivity contribution >= 4 is 34.1 Å². The number of anilines is 2. The highest BCUT2D eigenvalue weighted by molar-refractivity contribution is 7.14. The zero-order chi connectivity index (χ0) is 18.4. The molecule has 0 fully saturated rings. The fourth-order valence-electron chi connectivity index (χ4n) is 2.00. The van der Waals surface area contributed by atoms with Gasteiger partial charge < -0.3 is 10.6 Å². The minimum Gasteiger partial charge on any atom is -0.347 e. The molecule has 2 heterocycles. The topological polar surface area (TPSA) is 96.0 Å². The molecule has 3 aromatic rings. The van der Waals surface area contributed by atoms with Crippen molar-refractivity contribution in [2.45, 2.75) is 6.54 Å². The predicted molar refractivity (Wildman–Crippen MR) is 96.6 cm³/mol. The molecule has 3 amide bonds. The molecule has 0 aliphatic rings. The van der Waals surface area contributed by atoms with Gasteiger partial charge in [-0.05, 0) is 35.9 Å². The van der Waals surface area contributed by atoms with Crippen LogP contribution in [0.3, 0.4) is 0 Å². The highest BCUT2D eigenvalue weighted by Crippen LogP contribution is 2.16. The van der Waals surface area contributed by atoms with Gasteiger partial charge in [-0.25, -0.2) is 14.2 Å². The lowest BCUT2D eigenvalue weighted by Crippen LogP contribution is -2.23. The van der Waals surface area contributed by atoms with E-state index < -0.39 is 11.8 Å². The van der Waals surface area contributed by atoms with Gasteiger partial charge in [0.2, 0.25) is 0 Å². The highest BCUT2D eigenvalue weighted by Gasteiger charge is 2.12. The van der Waals surface area contributed by atoms with Gasteiger partial charge in [0.05, 0.1) is 0 Å². The number of hydrogen-bond donors (Lipinski definition) is 3. The van der Waals surface area contributed by atoms with Crippen molar-refractivity contribution in [2.24, 2.45) is 0 Å². The Hall–Kier alpha value is -3.33. The summed E-state index contributed by atoms with van der Waals surface area (Å²) in [6.45, 7) is 0.331. The summed E-state index contributed by atoms with van der Waals surface area (Å²) < 4.78 is 12.8. The van der Waals surface area contributed by atoms with Gasteiger partial charge in [0.1, 0.15) is 11.5 Å². The molecule has 0 saturated heterocycles. The van der Waals surface area contributed by atoms with Gasteiger partial charge in [0.25, 0.3) is 5.91 Å². The fraction of sp³-hybridized carbons (Fsp3) is 0.0588. The zero-order valence-electron chi connectivity index (χ0n) is 13.4. The Kier molecular flexibility index (Phi) is 5.49. The summed E-state index contributed by atoms with van der Waals surface area (Å²) in [7, 11) is 0. The van der Waals surface area contributed by atoms with Crippen LogP contribution < -0.4 is 16.0 Å². The van der Waals surface area contributed by atoms with Crippen LogP contribution in [0.1, 0.15) is 16.1 Å². The maximum atomic E-state index is 12.8. The van der Waals surface area contributed by atoms with Gasteiger partial charge in [0, 0.05) is 30.0 Å². The van der Waals surface area contributed by atoms with E-state index in [2.05, 4.69) is 25.9 Å². The molecule has 0 spiro atoms. The standard InChI is InChI=1S/C17H14FN5O2S/c18-12-3-5-13(6-4-12)21-16(25)23-17-22-14(10-26-17)15(24)20-9-11-2-1-7-19-8-11/h1-8,10H,9H2,(H,20,24)(H2,21,22,23,25). The molecule has 26 heavy (non-hydrogen) atoms. The molecule has 2 aromatic heterocycles. The number of urea groups is 1. The summed E-state index contributed by atoms with van der Waals surface area (Å²) >= 11 is 1.12. The molecule has 7 nitrogen and oxygen atoms in total. The monoisotopic (exact) mass is 371 g/mol. The van der Waals surface area contributed by atoms with E-state index in [1.54, 1.807) is 23.8 Å². The third kappa shape index (κ3) is 4.84. The van der Waals surface area contributed by atoms with Crippen LogP contribution in [0.5, 0.6) is 0 Å². The Morgan fingerprint density at radius 1 is 1.12 bits per heavy atom. The zero-order valence-corrected chi connectivity index (χ0v) is 14.2. The lowest BCUT2D eigenvalue weighted by molar-refractivity contribution is 0.0946. The quantitative estimate of drug-likeness (QED) is 0.641. The molecular formula is C17H14FN5O2S. The molecule has 0 unspecified atom stereocenters. The molecule has 3 rings (SSSR count). The van der Waals surface area contributed by atoms with E-state index in [1.807, 2.05) is 6.07 Å². The van der Waals surface area contributed by atoms with Gasteiger partial charge in [-0.15, -0.1) is 11.3 Å². The number of pyridine rings is 1. The molecule has 0 saturated carbocycles. The average molecular weight is 371 g/mol. The third-order valence-electron chi connectivity index (χ3n) is 3.24. The minimum absolute atomic E-state index is 0.205. The van der Waals surface area contributed by atoms with Gasteiger partial charge in [-0.2, -0.15) is 0 Å². The summed E-state index contributed by atoms with van der Waals surface area (Å²) in [5.74, 6) is -0.741. The molecule has 3 N–H and O–H groups in total. The number of rotatable bonds is 5. The number of halogens is 1. The van der Waals surface area contributed by atoms with Crippen LogP contribution in [0.4, 0.5) is 20.0 Å². The molecule has 0 atom stereocenters. The largest absolute Gasteiger partial charge is 0.347 e. The Morgan fingerprint density at radius 3 is 2.65 bits per heavy atom. The summed E-state index contributed by atoms with van der Waals surface area (Å²) in [4.78, 5) is 32.0. The van der Waals surface area contributed by atoms with Crippen LogP contribution in [0.25, 0.3) is 0 Å². The predicted octanol–water partition coefficient (Wildman–Crippen LogP) is 3.25. The Balaban J connectivity index is 1.52. The first kappa shape index (κ1) is 17.5. The second-order valence-corrected chi connectivity index (χ2v) is 6.03. The number of nitrogens with one attached hydrogen (secondary N) is 3. The summed E-state index contributed by atoms with van der Waals surface area (Å²) in [6, 6.07) is 8.45. The van der Waals surface area contributed by atoms with E-state index in [0.717, 1.165) is 16.9 Å². The lowest BCUT2D eigenvalue weighted by atomic mass is 10.3. The van der Waals surface area contributed by atoms with Crippen LogP contribution in [0.2, 0.25) is 0 Å². The molecule has 0 aliphatic carbocycles. The first-order valence-electron chi connectivity index (χ1n) is 7.56. The maximum absolute atomic E-state index is 12.8. The summed E-state index contributed by atoms with van der Waals surface area (Å²) in [5, 5.41) is 9.62. The Labute approximate surface area is 152 Å². The molecule has 1 aromatic carbocycles. The Morgan fingerprint density at radius 2 is 1.92 bits per heavy atom. The molecule has 0 bridgehead atoms. The van der Waals surface area contributed by atoms with Gasteiger partial charge in [-0.3, -0.25) is 15.1 Å². The van der Waals surface area contributed by atoms with E-state index in [4.69, 9.17) is 0 Å². The van der Waals surface area contributed by atoms with Crippen molar-refractivity contribution in [2.75, 3.05) is 10.6 Å². The fourth-order valence-corrected chi connectivity index (χ4v) is 2.69. The van der Waals surface area contributed by atoms with Crippen molar-refractivity contribution in [3.8, 4) is 0 Å². The van der Waals surface area contributed by atoms with Crippen molar-refractivity contribution in [1.29, 1.82) is 0 Å². The summed E-state index contributed by atoms with van der Waals surface area (Å²) in [6.07, 6.45) is 3.31. The van der Waals surface area contributed by atoms with Crippen molar-refractivity contribution in [1.82, 2.24) is 15.3 Å². The van der Waals surface area contributed by atoms with Gasteiger partial charge in [0.15, 0.2) is 5.13 Å². The van der Waals surface area contributed by atoms with Gasteiger partial charge >= 0.3 is 6.03 Å². The number of thiazole rings is 1. The van der Waals surface area contributed by atoms with Crippen molar-refractivity contribution in [3.63, 3.8) is 0 Å². The highest BCUT2D eigenvalue weighted by atomic mass is 32.1.